The molecule has 0 saturated heterocycles. The smallest absolute Gasteiger partial charge is 0.159 e. The van der Waals surface area contributed by atoms with Gasteiger partial charge in [-0.1, -0.05) is 120 Å². The number of hydrogen-bond donors (Lipinski definition) is 0. The highest BCUT2D eigenvalue weighted by Gasteiger charge is 2.37. The molecule has 0 atom stereocenters. The number of nitrogens with zero attached hydrogens (tertiary/aromatic N) is 1. The molecule has 0 aliphatic heterocycles. The fourth-order valence-corrected chi connectivity index (χ4v) is 7.17. The monoisotopic (exact) mass is 557 g/mol. The van der Waals surface area contributed by atoms with Gasteiger partial charge >= 0.3 is 0 Å². The van der Waals surface area contributed by atoms with Crippen molar-refractivity contribution < 1.29 is 4.42 Å². The summed E-state index contributed by atoms with van der Waals surface area (Å²) in [4.78, 5) is 2.37. The van der Waals surface area contributed by atoms with E-state index in [2.05, 4.69) is 155 Å². The average molecular weight is 558 g/mol. The Kier molecular flexibility index (Phi) is 5.46. The van der Waals surface area contributed by atoms with E-state index in [1.165, 1.54) is 38.6 Å². The topological polar surface area (TPSA) is 16.4 Å². The van der Waals surface area contributed by atoms with Gasteiger partial charge < -0.3 is 9.32 Å². The Bertz CT molecular complexity index is 2190. The SMILES string of the molecule is CC(C)(C)c1ccc(N(c2ccc3c(c2)C(C)(C)c2c-3ccc3ccccc23)c2cccc3c2oc2ccccc23)cc1. The highest BCUT2D eigenvalue weighted by Crippen LogP contribution is 2.53. The summed E-state index contributed by atoms with van der Waals surface area (Å²) in [6.07, 6.45) is 0. The van der Waals surface area contributed by atoms with Crippen molar-refractivity contribution in [3.8, 4) is 11.1 Å². The standard InChI is InChI=1S/C41H35NO/c1-40(2,3)27-18-20-28(21-19-27)42(36-15-10-14-34-32-13-8-9-16-37(32)43-39(34)36)29-22-24-31-33-23-17-26-11-6-7-12-30(26)38(33)41(4,5)35(31)25-29/h6-25H,1-5H3. The minimum absolute atomic E-state index is 0.0776. The van der Waals surface area contributed by atoms with Crippen LogP contribution in [0.25, 0.3) is 43.8 Å². The lowest BCUT2D eigenvalue weighted by atomic mass is 9.80. The summed E-state index contributed by atoms with van der Waals surface area (Å²) in [5, 5.41) is 4.90. The van der Waals surface area contributed by atoms with Gasteiger partial charge in [-0.3, -0.25) is 0 Å². The summed E-state index contributed by atoms with van der Waals surface area (Å²) in [6, 6.07) is 44.2. The molecule has 0 N–H and O–H groups in total. The molecule has 210 valence electrons. The lowest BCUT2D eigenvalue weighted by Crippen LogP contribution is -2.17. The second-order valence-corrected chi connectivity index (χ2v) is 13.4. The summed E-state index contributed by atoms with van der Waals surface area (Å²) in [6.45, 7) is 11.5. The molecule has 2 heteroatoms. The molecule has 1 aromatic heterocycles. The van der Waals surface area contributed by atoms with Crippen molar-refractivity contribution >= 4 is 49.8 Å². The predicted molar refractivity (Wildman–Crippen MR) is 182 cm³/mol. The Balaban J connectivity index is 1.36. The van der Waals surface area contributed by atoms with Gasteiger partial charge in [0.15, 0.2) is 5.58 Å². The van der Waals surface area contributed by atoms with Crippen molar-refractivity contribution in [3.05, 3.63) is 138 Å². The minimum Gasteiger partial charge on any atom is -0.454 e. The molecule has 0 spiro atoms. The zero-order valence-corrected chi connectivity index (χ0v) is 25.4. The number of para-hydroxylation sites is 2. The van der Waals surface area contributed by atoms with Crippen LogP contribution in [0.3, 0.4) is 0 Å². The number of anilines is 3. The zero-order chi connectivity index (χ0) is 29.5. The van der Waals surface area contributed by atoms with Crippen molar-refractivity contribution in [3.63, 3.8) is 0 Å². The van der Waals surface area contributed by atoms with Gasteiger partial charge in [-0.15, -0.1) is 0 Å². The third kappa shape index (κ3) is 3.86. The molecule has 6 aromatic carbocycles. The minimum atomic E-state index is -0.144. The van der Waals surface area contributed by atoms with E-state index < -0.39 is 0 Å². The van der Waals surface area contributed by atoms with Gasteiger partial charge in [0.25, 0.3) is 0 Å². The first-order chi connectivity index (χ1) is 20.7. The number of fused-ring (bicyclic) bond motifs is 8. The van der Waals surface area contributed by atoms with Crippen LogP contribution in [0.2, 0.25) is 0 Å². The van der Waals surface area contributed by atoms with Gasteiger partial charge in [0, 0.05) is 27.6 Å². The molecule has 1 aliphatic carbocycles. The van der Waals surface area contributed by atoms with E-state index in [1.807, 2.05) is 6.07 Å². The quantitative estimate of drug-likeness (QED) is 0.215. The molecule has 0 unspecified atom stereocenters. The maximum absolute atomic E-state index is 6.58. The number of hydrogen-bond acceptors (Lipinski definition) is 2. The third-order valence-electron chi connectivity index (χ3n) is 9.39. The Morgan fingerprint density at radius 1 is 0.605 bits per heavy atom. The molecule has 8 rings (SSSR count). The molecule has 1 aliphatic rings. The second kappa shape index (κ2) is 9.09. The van der Waals surface area contributed by atoms with E-state index in [9.17, 15) is 0 Å². The van der Waals surface area contributed by atoms with E-state index in [0.29, 0.717) is 0 Å². The first kappa shape index (κ1) is 25.9. The molecular formula is C41H35NO. The summed E-state index contributed by atoms with van der Waals surface area (Å²) in [7, 11) is 0. The van der Waals surface area contributed by atoms with Crippen LogP contribution >= 0.6 is 0 Å². The predicted octanol–water partition coefficient (Wildman–Crippen LogP) is 11.8. The first-order valence-electron chi connectivity index (χ1n) is 15.2. The largest absolute Gasteiger partial charge is 0.454 e. The van der Waals surface area contributed by atoms with E-state index in [-0.39, 0.29) is 10.8 Å². The summed E-state index contributed by atoms with van der Waals surface area (Å²) < 4.78 is 6.58. The zero-order valence-electron chi connectivity index (χ0n) is 25.4. The molecule has 0 fully saturated rings. The van der Waals surface area contributed by atoms with Gasteiger partial charge in [0.1, 0.15) is 5.58 Å². The van der Waals surface area contributed by atoms with E-state index in [0.717, 1.165) is 39.0 Å². The maximum atomic E-state index is 6.58. The lowest BCUT2D eigenvalue weighted by molar-refractivity contribution is 0.590. The molecule has 2 nitrogen and oxygen atoms in total. The van der Waals surface area contributed by atoms with E-state index >= 15 is 0 Å². The van der Waals surface area contributed by atoms with Crippen LogP contribution in [0.1, 0.15) is 51.3 Å². The normalized spacial score (nSPS) is 13.9. The molecule has 0 amide bonds. The van der Waals surface area contributed by atoms with Gasteiger partial charge in [-0.05, 0) is 80.4 Å². The Morgan fingerprint density at radius 2 is 1.28 bits per heavy atom. The fourth-order valence-electron chi connectivity index (χ4n) is 7.17. The Hall–Kier alpha value is -4.82. The lowest BCUT2D eigenvalue weighted by Gasteiger charge is -2.29. The van der Waals surface area contributed by atoms with Gasteiger partial charge in [0.05, 0.1) is 5.69 Å². The van der Waals surface area contributed by atoms with Crippen LogP contribution in [-0.2, 0) is 10.8 Å². The van der Waals surface area contributed by atoms with Gasteiger partial charge in [-0.2, -0.15) is 0 Å². The Morgan fingerprint density at radius 3 is 2.07 bits per heavy atom. The molecule has 0 bridgehead atoms. The molecule has 0 radical (unpaired) electrons. The molecule has 1 heterocycles. The van der Waals surface area contributed by atoms with E-state index in [4.69, 9.17) is 4.42 Å². The highest BCUT2D eigenvalue weighted by molar-refractivity contribution is 6.10. The van der Waals surface area contributed by atoms with Crippen molar-refractivity contribution in [1.29, 1.82) is 0 Å². The number of benzene rings is 6. The maximum Gasteiger partial charge on any atom is 0.159 e. The summed E-state index contributed by atoms with van der Waals surface area (Å²) >= 11 is 0. The molecule has 7 aromatic rings. The number of furan rings is 1. The van der Waals surface area contributed by atoms with E-state index in [1.54, 1.807) is 0 Å². The third-order valence-corrected chi connectivity index (χ3v) is 9.39. The summed E-state index contributed by atoms with van der Waals surface area (Å²) in [5.74, 6) is 0. The van der Waals surface area contributed by atoms with Crippen LogP contribution in [0.4, 0.5) is 17.1 Å². The van der Waals surface area contributed by atoms with Crippen molar-refractivity contribution in [2.24, 2.45) is 0 Å². The number of rotatable bonds is 3. The van der Waals surface area contributed by atoms with Crippen LogP contribution in [-0.4, -0.2) is 0 Å². The second-order valence-electron chi connectivity index (χ2n) is 13.4. The average Bonchev–Trinajstić information content (AvgIpc) is 3.50. The fraction of sp³-hybridized carbons (Fsp3) is 0.171. The summed E-state index contributed by atoms with van der Waals surface area (Å²) in [5.41, 5.74) is 11.8. The van der Waals surface area contributed by atoms with Crippen molar-refractivity contribution in [2.75, 3.05) is 4.90 Å². The van der Waals surface area contributed by atoms with Crippen LogP contribution in [0, 0.1) is 0 Å². The van der Waals surface area contributed by atoms with Crippen LogP contribution in [0.15, 0.2) is 126 Å². The van der Waals surface area contributed by atoms with Gasteiger partial charge in [0.2, 0.25) is 0 Å². The molecular weight excluding hydrogens is 522 g/mol. The van der Waals surface area contributed by atoms with Crippen LogP contribution in [0.5, 0.6) is 0 Å². The van der Waals surface area contributed by atoms with Crippen molar-refractivity contribution in [2.45, 2.75) is 45.4 Å². The van der Waals surface area contributed by atoms with Crippen LogP contribution < -0.4 is 4.90 Å². The molecule has 43 heavy (non-hydrogen) atoms. The highest BCUT2D eigenvalue weighted by atomic mass is 16.3. The molecule has 0 saturated carbocycles. The van der Waals surface area contributed by atoms with Crippen molar-refractivity contribution in [1.82, 2.24) is 0 Å². The Labute approximate surface area is 253 Å². The first-order valence-corrected chi connectivity index (χ1v) is 15.2. The van der Waals surface area contributed by atoms with Gasteiger partial charge in [-0.25, -0.2) is 0 Å².